The number of halogens is 1. The van der Waals surface area contributed by atoms with E-state index in [0.29, 0.717) is 0 Å². The van der Waals surface area contributed by atoms with Crippen LogP contribution in [0.15, 0.2) is 36.4 Å². The van der Waals surface area contributed by atoms with Gasteiger partial charge in [0.25, 0.3) is 0 Å². The van der Waals surface area contributed by atoms with Crippen LogP contribution in [0, 0.1) is 6.92 Å². The minimum Gasteiger partial charge on any atom is -0.496 e. The summed E-state index contributed by atoms with van der Waals surface area (Å²) in [6, 6.07) is 12.3. The lowest BCUT2D eigenvalue weighted by Gasteiger charge is -2.12. The van der Waals surface area contributed by atoms with E-state index in [-0.39, 0.29) is 0 Å². The van der Waals surface area contributed by atoms with Crippen molar-refractivity contribution in [3.8, 4) is 16.9 Å². The number of aryl methyl sites for hydroxylation is 2. The maximum atomic E-state index is 6.37. The van der Waals surface area contributed by atoms with E-state index in [2.05, 4.69) is 32.0 Å². The minimum absolute atomic E-state index is 0.776. The highest BCUT2D eigenvalue weighted by molar-refractivity contribution is 6.33. The zero-order valence-electron chi connectivity index (χ0n) is 11.0. The Labute approximate surface area is 113 Å². The molecule has 0 saturated carbocycles. The lowest BCUT2D eigenvalue weighted by atomic mass is 10.0. The second-order valence-corrected chi connectivity index (χ2v) is 4.78. The maximum Gasteiger partial charge on any atom is 0.126 e. The minimum atomic E-state index is 0.776. The molecule has 0 unspecified atom stereocenters. The average Bonchev–Trinajstić information content (AvgIpc) is 2.38. The molecule has 0 bridgehead atoms. The summed E-state index contributed by atoms with van der Waals surface area (Å²) in [5.74, 6) is 0.853. The molecular formula is C16H17ClO. The largest absolute Gasteiger partial charge is 0.496 e. The molecule has 2 rings (SSSR count). The first kappa shape index (κ1) is 13.0. The standard InChI is InChI=1S/C16H17ClO/c1-4-12-6-7-13(15(17)10-12)14-9-11(2)5-8-16(14)18-3/h5-10H,4H2,1-3H3. The SMILES string of the molecule is CCc1ccc(-c2cc(C)ccc2OC)c(Cl)c1. The fourth-order valence-corrected chi connectivity index (χ4v) is 2.33. The molecule has 1 nitrogen and oxygen atoms in total. The number of methoxy groups -OCH3 is 1. The van der Waals surface area contributed by atoms with Gasteiger partial charge in [-0.2, -0.15) is 0 Å². The Morgan fingerprint density at radius 2 is 1.83 bits per heavy atom. The number of rotatable bonds is 3. The Kier molecular flexibility index (Phi) is 3.93. The van der Waals surface area contributed by atoms with Crippen LogP contribution in [0.2, 0.25) is 5.02 Å². The number of hydrogen-bond donors (Lipinski definition) is 0. The summed E-state index contributed by atoms with van der Waals surface area (Å²) in [7, 11) is 1.68. The van der Waals surface area contributed by atoms with Crippen molar-refractivity contribution in [3.63, 3.8) is 0 Å². The van der Waals surface area contributed by atoms with Gasteiger partial charge in [-0.15, -0.1) is 0 Å². The number of benzene rings is 2. The highest BCUT2D eigenvalue weighted by Crippen LogP contribution is 2.35. The molecule has 94 valence electrons. The van der Waals surface area contributed by atoms with Gasteiger partial charge in [-0.25, -0.2) is 0 Å². The highest BCUT2D eigenvalue weighted by atomic mass is 35.5. The third kappa shape index (κ3) is 2.51. The Morgan fingerprint density at radius 3 is 2.44 bits per heavy atom. The Hall–Kier alpha value is -1.47. The molecule has 18 heavy (non-hydrogen) atoms. The summed E-state index contributed by atoms with van der Waals surface area (Å²) in [6.07, 6.45) is 0.991. The van der Waals surface area contributed by atoms with Crippen LogP contribution in [0.4, 0.5) is 0 Å². The van der Waals surface area contributed by atoms with E-state index >= 15 is 0 Å². The fourth-order valence-electron chi connectivity index (χ4n) is 2.03. The summed E-state index contributed by atoms with van der Waals surface area (Å²) in [4.78, 5) is 0. The third-order valence-corrected chi connectivity index (χ3v) is 3.40. The molecule has 0 saturated heterocycles. The van der Waals surface area contributed by atoms with Crippen molar-refractivity contribution >= 4 is 11.6 Å². The van der Waals surface area contributed by atoms with Crippen LogP contribution >= 0.6 is 11.6 Å². The third-order valence-electron chi connectivity index (χ3n) is 3.09. The Balaban J connectivity index is 2.57. The molecular weight excluding hydrogens is 244 g/mol. The van der Waals surface area contributed by atoms with E-state index in [1.165, 1.54) is 11.1 Å². The van der Waals surface area contributed by atoms with E-state index in [9.17, 15) is 0 Å². The first-order valence-corrected chi connectivity index (χ1v) is 6.47. The lowest BCUT2D eigenvalue weighted by Crippen LogP contribution is -1.90. The van der Waals surface area contributed by atoms with Crippen LogP contribution in [0.25, 0.3) is 11.1 Å². The van der Waals surface area contributed by atoms with Gasteiger partial charge >= 0.3 is 0 Å². The molecule has 2 aromatic carbocycles. The van der Waals surface area contributed by atoms with E-state index in [0.717, 1.165) is 28.3 Å². The highest BCUT2D eigenvalue weighted by Gasteiger charge is 2.10. The van der Waals surface area contributed by atoms with E-state index in [4.69, 9.17) is 16.3 Å². The molecule has 0 aromatic heterocycles. The van der Waals surface area contributed by atoms with Gasteiger partial charge in [-0.3, -0.25) is 0 Å². The van der Waals surface area contributed by atoms with Crippen LogP contribution in [0.1, 0.15) is 18.1 Å². The topological polar surface area (TPSA) is 9.23 Å². The smallest absolute Gasteiger partial charge is 0.126 e. The average molecular weight is 261 g/mol. The Bertz CT molecular complexity index is 561. The van der Waals surface area contributed by atoms with Crippen LogP contribution in [-0.4, -0.2) is 7.11 Å². The fraction of sp³-hybridized carbons (Fsp3) is 0.250. The molecule has 0 atom stereocenters. The summed E-state index contributed by atoms with van der Waals surface area (Å²) in [6.45, 7) is 4.19. The second kappa shape index (κ2) is 5.45. The molecule has 0 amide bonds. The van der Waals surface area contributed by atoms with Crippen molar-refractivity contribution in [1.29, 1.82) is 0 Å². The van der Waals surface area contributed by atoms with Gasteiger partial charge in [0.05, 0.1) is 7.11 Å². The van der Waals surface area contributed by atoms with Gasteiger partial charge in [0, 0.05) is 16.1 Å². The molecule has 0 fully saturated rings. The summed E-state index contributed by atoms with van der Waals surface area (Å²) in [5, 5.41) is 0.776. The first-order chi connectivity index (χ1) is 8.65. The van der Waals surface area contributed by atoms with Crippen molar-refractivity contribution in [2.45, 2.75) is 20.3 Å². The molecule has 0 N–H and O–H groups in total. The molecule has 0 aliphatic rings. The predicted octanol–water partition coefficient (Wildman–Crippen LogP) is 4.89. The quantitative estimate of drug-likeness (QED) is 0.764. The van der Waals surface area contributed by atoms with Crippen LogP contribution in [-0.2, 0) is 6.42 Å². The van der Waals surface area contributed by atoms with Crippen molar-refractivity contribution in [3.05, 3.63) is 52.5 Å². The molecule has 0 spiro atoms. The van der Waals surface area contributed by atoms with Gasteiger partial charge in [0.15, 0.2) is 0 Å². The molecule has 2 aromatic rings. The van der Waals surface area contributed by atoms with Gasteiger partial charge in [-0.05, 0) is 37.1 Å². The Morgan fingerprint density at radius 1 is 1.06 bits per heavy atom. The molecule has 0 aliphatic heterocycles. The van der Waals surface area contributed by atoms with E-state index in [1.54, 1.807) is 7.11 Å². The van der Waals surface area contributed by atoms with Crippen LogP contribution in [0.3, 0.4) is 0 Å². The molecule has 0 aliphatic carbocycles. The normalized spacial score (nSPS) is 10.4. The van der Waals surface area contributed by atoms with Crippen LogP contribution in [0.5, 0.6) is 5.75 Å². The summed E-state index contributed by atoms with van der Waals surface area (Å²) >= 11 is 6.37. The molecule has 0 radical (unpaired) electrons. The summed E-state index contributed by atoms with van der Waals surface area (Å²) in [5.41, 5.74) is 4.51. The van der Waals surface area contributed by atoms with Gasteiger partial charge < -0.3 is 4.74 Å². The van der Waals surface area contributed by atoms with Gasteiger partial charge in [0.1, 0.15) is 5.75 Å². The monoisotopic (exact) mass is 260 g/mol. The van der Waals surface area contributed by atoms with Gasteiger partial charge in [-0.1, -0.05) is 42.3 Å². The van der Waals surface area contributed by atoms with Crippen molar-refractivity contribution in [2.75, 3.05) is 7.11 Å². The van der Waals surface area contributed by atoms with Crippen molar-refractivity contribution in [2.24, 2.45) is 0 Å². The maximum absolute atomic E-state index is 6.37. The van der Waals surface area contributed by atoms with Crippen molar-refractivity contribution < 1.29 is 4.74 Å². The van der Waals surface area contributed by atoms with Gasteiger partial charge in [0.2, 0.25) is 0 Å². The lowest BCUT2D eigenvalue weighted by molar-refractivity contribution is 0.416. The zero-order valence-corrected chi connectivity index (χ0v) is 11.7. The second-order valence-electron chi connectivity index (χ2n) is 4.37. The zero-order chi connectivity index (χ0) is 13.1. The van der Waals surface area contributed by atoms with Crippen molar-refractivity contribution in [1.82, 2.24) is 0 Å². The molecule has 2 heteroatoms. The number of hydrogen-bond acceptors (Lipinski definition) is 1. The van der Waals surface area contributed by atoms with E-state index < -0.39 is 0 Å². The van der Waals surface area contributed by atoms with E-state index in [1.807, 2.05) is 18.2 Å². The number of ether oxygens (including phenoxy) is 1. The predicted molar refractivity (Wildman–Crippen MR) is 77.6 cm³/mol. The van der Waals surface area contributed by atoms with Crippen LogP contribution < -0.4 is 4.74 Å². The first-order valence-electron chi connectivity index (χ1n) is 6.09. The summed E-state index contributed by atoms with van der Waals surface area (Å²) < 4.78 is 5.41. The molecule has 0 heterocycles.